The van der Waals surface area contributed by atoms with Crippen LogP contribution in [0.25, 0.3) is 0 Å². The van der Waals surface area contributed by atoms with Crippen LogP contribution in [0.2, 0.25) is 5.02 Å². The van der Waals surface area contributed by atoms with Crippen molar-refractivity contribution in [2.75, 3.05) is 18.0 Å². The lowest BCUT2D eigenvalue weighted by molar-refractivity contribution is -0.120. The highest BCUT2D eigenvalue weighted by molar-refractivity contribution is 7.89. The standard InChI is InChI=1S/C20H22ClN3O4S/c1-14(25)24-10-2-3-16-11-18(8-9-19(16)24)29(27,28)23-13-20(26)22-12-15-4-6-17(21)7-5-15/h4-9,11,23H,2-3,10,12-13H2,1H3,(H,22,26). The van der Waals surface area contributed by atoms with Crippen LogP contribution in [0.5, 0.6) is 0 Å². The summed E-state index contributed by atoms with van der Waals surface area (Å²) in [6, 6.07) is 11.7. The first-order valence-electron chi connectivity index (χ1n) is 9.18. The minimum absolute atomic E-state index is 0.0722. The Labute approximate surface area is 175 Å². The van der Waals surface area contributed by atoms with Crippen LogP contribution in [0.15, 0.2) is 47.4 Å². The maximum Gasteiger partial charge on any atom is 0.241 e. The molecule has 0 saturated heterocycles. The highest BCUT2D eigenvalue weighted by Gasteiger charge is 2.23. The van der Waals surface area contributed by atoms with Crippen LogP contribution in [0.1, 0.15) is 24.5 Å². The first-order valence-corrected chi connectivity index (χ1v) is 11.0. The van der Waals surface area contributed by atoms with Crippen LogP contribution in [0.4, 0.5) is 5.69 Å². The van der Waals surface area contributed by atoms with Crippen molar-refractivity contribution in [3.63, 3.8) is 0 Å². The Morgan fingerprint density at radius 2 is 1.86 bits per heavy atom. The van der Waals surface area contributed by atoms with Gasteiger partial charge in [-0.2, -0.15) is 0 Å². The molecular weight excluding hydrogens is 414 g/mol. The number of carbonyl (C=O) groups excluding carboxylic acids is 2. The molecule has 1 aliphatic rings. The van der Waals surface area contributed by atoms with E-state index >= 15 is 0 Å². The minimum atomic E-state index is -3.85. The Morgan fingerprint density at radius 3 is 2.55 bits per heavy atom. The number of rotatable bonds is 6. The summed E-state index contributed by atoms with van der Waals surface area (Å²) in [6.07, 6.45) is 1.47. The topological polar surface area (TPSA) is 95.6 Å². The van der Waals surface area contributed by atoms with Gasteiger partial charge < -0.3 is 10.2 Å². The average molecular weight is 436 g/mol. The number of nitrogens with one attached hydrogen (secondary N) is 2. The molecule has 0 aliphatic carbocycles. The number of carbonyl (C=O) groups is 2. The molecule has 2 amide bonds. The molecule has 9 heteroatoms. The van der Waals surface area contributed by atoms with Gasteiger partial charge in [0, 0.05) is 30.7 Å². The molecule has 0 aromatic heterocycles. The lowest BCUT2D eigenvalue weighted by Crippen LogP contribution is -2.37. The molecule has 154 valence electrons. The lowest BCUT2D eigenvalue weighted by Gasteiger charge is -2.28. The van der Waals surface area contributed by atoms with Crippen LogP contribution >= 0.6 is 11.6 Å². The summed E-state index contributed by atoms with van der Waals surface area (Å²) in [5, 5.41) is 3.26. The van der Waals surface area contributed by atoms with Gasteiger partial charge in [0.15, 0.2) is 0 Å². The fourth-order valence-corrected chi connectivity index (χ4v) is 4.34. The Morgan fingerprint density at radius 1 is 1.14 bits per heavy atom. The Bertz CT molecular complexity index is 1020. The molecule has 0 unspecified atom stereocenters. The van der Waals surface area contributed by atoms with Gasteiger partial charge in [-0.3, -0.25) is 9.59 Å². The minimum Gasteiger partial charge on any atom is -0.351 e. The Hall–Kier alpha value is -2.42. The van der Waals surface area contributed by atoms with E-state index in [0.29, 0.717) is 18.0 Å². The van der Waals surface area contributed by atoms with Crippen molar-refractivity contribution in [1.29, 1.82) is 0 Å². The summed E-state index contributed by atoms with van der Waals surface area (Å²) in [6.45, 7) is 2.02. The number of amides is 2. The summed E-state index contributed by atoms with van der Waals surface area (Å²) in [5.41, 5.74) is 2.40. The van der Waals surface area contributed by atoms with Crippen molar-refractivity contribution in [3.8, 4) is 0 Å². The predicted molar refractivity (Wildman–Crippen MR) is 111 cm³/mol. The third-order valence-electron chi connectivity index (χ3n) is 4.69. The van der Waals surface area contributed by atoms with E-state index in [0.717, 1.165) is 23.2 Å². The third-order valence-corrected chi connectivity index (χ3v) is 6.34. The summed E-state index contributed by atoms with van der Waals surface area (Å²) in [5.74, 6) is -0.513. The summed E-state index contributed by atoms with van der Waals surface area (Å²) >= 11 is 5.82. The number of fused-ring (bicyclic) bond motifs is 1. The zero-order valence-electron chi connectivity index (χ0n) is 15.9. The first kappa shape index (κ1) is 21.3. The molecule has 29 heavy (non-hydrogen) atoms. The predicted octanol–water partition coefficient (Wildman–Crippen LogP) is 2.23. The van der Waals surface area contributed by atoms with Gasteiger partial charge in [0.1, 0.15) is 0 Å². The molecular formula is C20H22ClN3O4S. The monoisotopic (exact) mass is 435 g/mol. The van der Waals surface area contributed by atoms with Crippen molar-refractivity contribution in [2.24, 2.45) is 0 Å². The van der Waals surface area contributed by atoms with E-state index < -0.39 is 15.9 Å². The van der Waals surface area contributed by atoms with Gasteiger partial charge in [-0.1, -0.05) is 23.7 Å². The van der Waals surface area contributed by atoms with Gasteiger partial charge in [-0.25, -0.2) is 13.1 Å². The van der Waals surface area contributed by atoms with Gasteiger partial charge in [0.25, 0.3) is 0 Å². The van der Waals surface area contributed by atoms with Crippen LogP contribution < -0.4 is 14.9 Å². The molecule has 0 spiro atoms. The highest BCUT2D eigenvalue weighted by Crippen LogP contribution is 2.29. The molecule has 2 aromatic rings. The van der Waals surface area contributed by atoms with Gasteiger partial charge in [0.2, 0.25) is 21.8 Å². The van der Waals surface area contributed by atoms with Gasteiger partial charge in [-0.05, 0) is 54.3 Å². The Balaban J connectivity index is 1.61. The van der Waals surface area contributed by atoms with Crippen LogP contribution in [0.3, 0.4) is 0 Å². The van der Waals surface area contributed by atoms with E-state index in [1.807, 2.05) is 0 Å². The van der Waals surface area contributed by atoms with E-state index in [2.05, 4.69) is 10.0 Å². The van der Waals surface area contributed by atoms with Crippen molar-refractivity contribution in [1.82, 2.24) is 10.0 Å². The average Bonchev–Trinajstić information content (AvgIpc) is 2.71. The summed E-state index contributed by atoms with van der Waals surface area (Å²) in [4.78, 5) is 25.5. The van der Waals surface area contributed by atoms with Crippen LogP contribution in [0, 0.1) is 0 Å². The number of anilines is 1. The molecule has 0 fully saturated rings. The largest absolute Gasteiger partial charge is 0.351 e. The van der Waals surface area contributed by atoms with E-state index in [1.54, 1.807) is 41.3 Å². The number of hydrogen-bond acceptors (Lipinski definition) is 4. The molecule has 0 radical (unpaired) electrons. The van der Waals surface area contributed by atoms with Gasteiger partial charge in [0.05, 0.1) is 11.4 Å². The number of aryl methyl sites for hydroxylation is 1. The smallest absolute Gasteiger partial charge is 0.241 e. The number of nitrogens with zero attached hydrogens (tertiary/aromatic N) is 1. The van der Waals surface area contributed by atoms with E-state index in [1.165, 1.54) is 13.0 Å². The maximum atomic E-state index is 12.6. The molecule has 0 atom stereocenters. The normalized spacial score (nSPS) is 13.7. The maximum absolute atomic E-state index is 12.6. The summed E-state index contributed by atoms with van der Waals surface area (Å²) < 4.78 is 27.4. The Kier molecular flexibility index (Phi) is 6.56. The van der Waals surface area contributed by atoms with Crippen LogP contribution in [-0.2, 0) is 32.6 Å². The number of sulfonamides is 1. The molecule has 7 nitrogen and oxygen atoms in total. The van der Waals surface area contributed by atoms with E-state index in [-0.39, 0.29) is 23.9 Å². The second-order valence-corrected chi connectivity index (χ2v) is 9.00. The van der Waals surface area contributed by atoms with E-state index in [9.17, 15) is 18.0 Å². The molecule has 1 heterocycles. The SMILES string of the molecule is CC(=O)N1CCCc2cc(S(=O)(=O)NCC(=O)NCc3ccc(Cl)cc3)ccc21. The number of benzene rings is 2. The molecule has 0 saturated carbocycles. The van der Waals surface area contributed by atoms with Crippen molar-refractivity contribution >= 4 is 39.1 Å². The zero-order chi connectivity index (χ0) is 21.0. The van der Waals surface area contributed by atoms with Gasteiger partial charge in [-0.15, -0.1) is 0 Å². The quantitative estimate of drug-likeness (QED) is 0.727. The second-order valence-electron chi connectivity index (χ2n) is 6.79. The molecule has 2 aromatic carbocycles. The molecule has 0 bridgehead atoms. The van der Waals surface area contributed by atoms with Crippen LogP contribution in [-0.4, -0.2) is 33.3 Å². The van der Waals surface area contributed by atoms with E-state index in [4.69, 9.17) is 11.6 Å². The lowest BCUT2D eigenvalue weighted by atomic mass is 10.0. The van der Waals surface area contributed by atoms with Crippen molar-refractivity contribution in [3.05, 3.63) is 58.6 Å². The van der Waals surface area contributed by atoms with Crippen molar-refractivity contribution in [2.45, 2.75) is 31.2 Å². The fourth-order valence-electron chi connectivity index (χ4n) is 3.18. The summed E-state index contributed by atoms with van der Waals surface area (Å²) in [7, 11) is -3.85. The number of hydrogen-bond donors (Lipinski definition) is 2. The molecule has 2 N–H and O–H groups in total. The van der Waals surface area contributed by atoms with Crippen molar-refractivity contribution < 1.29 is 18.0 Å². The zero-order valence-corrected chi connectivity index (χ0v) is 17.5. The molecule has 1 aliphatic heterocycles. The second kappa shape index (κ2) is 8.94. The third kappa shape index (κ3) is 5.35. The molecule has 3 rings (SSSR count). The first-order chi connectivity index (χ1) is 13.8. The van der Waals surface area contributed by atoms with Gasteiger partial charge >= 0.3 is 0 Å². The number of halogens is 1. The highest BCUT2D eigenvalue weighted by atomic mass is 35.5. The fraction of sp³-hybridized carbons (Fsp3) is 0.300.